The van der Waals surface area contributed by atoms with E-state index in [-0.39, 0.29) is 12.3 Å². The van der Waals surface area contributed by atoms with Crippen molar-refractivity contribution < 1.29 is 19.8 Å². The summed E-state index contributed by atoms with van der Waals surface area (Å²) >= 11 is 0. The summed E-state index contributed by atoms with van der Waals surface area (Å²) in [5.74, 6) is -0.337. The molecule has 0 bridgehead atoms. The summed E-state index contributed by atoms with van der Waals surface area (Å²) < 4.78 is 0. The Hall–Kier alpha value is -2.66. The van der Waals surface area contributed by atoms with Crippen molar-refractivity contribution in [2.75, 3.05) is 0 Å². The van der Waals surface area contributed by atoms with Gasteiger partial charge in [-0.2, -0.15) is 0 Å². The highest BCUT2D eigenvalue weighted by atomic mass is 16.4. The molecular weight excluding hydrogens is 450 g/mol. The molecule has 2 aromatic rings. The van der Waals surface area contributed by atoms with Crippen molar-refractivity contribution >= 4 is 11.9 Å². The molecule has 2 aliphatic carbocycles. The van der Waals surface area contributed by atoms with Crippen LogP contribution in [0.1, 0.15) is 86.3 Å². The number of benzene rings is 2. The van der Waals surface area contributed by atoms with Crippen molar-refractivity contribution in [3.8, 4) is 11.1 Å². The highest BCUT2D eigenvalue weighted by Gasteiger charge is 2.51. The van der Waals surface area contributed by atoms with Crippen LogP contribution in [0.15, 0.2) is 24.3 Å². The summed E-state index contributed by atoms with van der Waals surface area (Å²) in [7, 11) is 0. The fraction of sp³-hybridized carbons (Fsp3) is 0.548. The zero-order valence-electron chi connectivity index (χ0n) is 22.7. The van der Waals surface area contributed by atoms with Gasteiger partial charge < -0.3 is 15.1 Å². The maximum absolute atomic E-state index is 13.2. The highest BCUT2D eigenvalue weighted by Crippen LogP contribution is 2.59. The van der Waals surface area contributed by atoms with Gasteiger partial charge in [0.2, 0.25) is 5.91 Å². The number of aliphatic hydroxyl groups is 1. The first-order chi connectivity index (χ1) is 16.8. The van der Waals surface area contributed by atoms with Gasteiger partial charge in [0.1, 0.15) is 0 Å². The largest absolute Gasteiger partial charge is 0.481 e. The van der Waals surface area contributed by atoms with Crippen LogP contribution in [-0.2, 0) is 29.1 Å². The number of carboxylic acids is 1. The number of rotatable bonds is 4. The molecule has 2 fully saturated rings. The average Bonchev–Trinajstić information content (AvgIpc) is 3.15. The van der Waals surface area contributed by atoms with E-state index in [9.17, 15) is 14.7 Å². The smallest absolute Gasteiger partial charge is 0.307 e. The number of carboxylic acid groups (broad SMARTS) is 1. The lowest BCUT2D eigenvalue weighted by Gasteiger charge is -2.54. The lowest BCUT2D eigenvalue weighted by molar-refractivity contribution is -0.148. The number of carbonyl (C=O) groups excluding carboxylic acids is 1. The molecule has 2 saturated carbocycles. The third-order valence-corrected chi connectivity index (χ3v) is 8.20. The van der Waals surface area contributed by atoms with E-state index in [1.165, 1.54) is 30.4 Å². The highest BCUT2D eigenvalue weighted by molar-refractivity contribution is 5.84. The minimum absolute atomic E-state index is 0.00224. The first kappa shape index (κ1) is 26.4. The molecule has 5 rings (SSSR count). The van der Waals surface area contributed by atoms with Gasteiger partial charge in [-0.15, -0.1) is 0 Å². The first-order valence-corrected chi connectivity index (χ1v) is 13.2. The molecule has 0 atom stereocenters. The van der Waals surface area contributed by atoms with Crippen molar-refractivity contribution in [2.45, 2.75) is 98.8 Å². The minimum Gasteiger partial charge on any atom is -0.481 e. The Bertz CT molecular complexity index is 1150. The second-order valence-corrected chi connectivity index (χ2v) is 12.3. The van der Waals surface area contributed by atoms with Gasteiger partial charge in [0.25, 0.3) is 0 Å². The molecule has 1 spiro atoms. The molecule has 1 heterocycles. The monoisotopic (exact) mass is 491 g/mol. The van der Waals surface area contributed by atoms with Gasteiger partial charge in [-0.05, 0) is 112 Å². The number of hydrogen-bond donors (Lipinski definition) is 2. The maximum Gasteiger partial charge on any atom is 0.307 e. The van der Waals surface area contributed by atoms with Gasteiger partial charge in [0.05, 0.1) is 12.0 Å². The van der Waals surface area contributed by atoms with Crippen LogP contribution >= 0.6 is 0 Å². The van der Waals surface area contributed by atoms with Gasteiger partial charge in [-0.1, -0.05) is 36.2 Å². The molecule has 0 aromatic heterocycles. The Morgan fingerprint density at radius 3 is 1.97 bits per heavy atom. The molecule has 1 amide bonds. The predicted molar refractivity (Wildman–Crippen MR) is 143 cm³/mol. The predicted octanol–water partition coefficient (Wildman–Crippen LogP) is 6.11. The van der Waals surface area contributed by atoms with E-state index < -0.39 is 11.6 Å². The van der Waals surface area contributed by atoms with Crippen LogP contribution in [0.2, 0.25) is 0 Å². The molecule has 0 unspecified atom stereocenters. The van der Waals surface area contributed by atoms with Gasteiger partial charge in [0, 0.05) is 19.0 Å². The summed E-state index contributed by atoms with van der Waals surface area (Å²) in [5, 5.41) is 18.1. The van der Waals surface area contributed by atoms with Gasteiger partial charge in [-0.25, -0.2) is 0 Å². The van der Waals surface area contributed by atoms with Crippen LogP contribution in [0.4, 0.5) is 0 Å². The Labute approximate surface area is 215 Å². The third-order valence-electron chi connectivity index (χ3n) is 8.20. The van der Waals surface area contributed by atoms with E-state index in [1.807, 2.05) is 11.8 Å². The van der Waals surface area contributed by atoms with Crippen molar-refractivity contribution in [1.29, 1.82) is 0 Å². The van der Waals surface area contributed by atoms with Crippen LogP contribution in [0, 0.1) is 32.1 Å². The number of hydrogen-bond acceptors (Lipinski definition) is 3. The molecule has 1 aliphatic heterocycles. The van der Waals surface area contributed by atoms with Gasteiger partial charge >= 0.3 is 5.97 Å². The lowest BCUT2D eigenvalue weighted by Crippen LogP contribution is -2.49. The van der Waals surface area contributed by atoms with Gasteiger partial charge in [-0.3, -0.25) is 9.59 Å². The third kappa shape index (κ3) is 5.36. The molecule has 2 aromatic carbocycles. The molecule has 3 aliphatic rings. The summed E-state index contributed by atoms with van der Waals surface area (Å²) in [4.78, 5) is 27.0. The van der Waals surface area contributed by atoms with E-state index in [2.05, 4.69) is 38.1 Å². The van der Waals surface area contributed by atoms with Crippen molar-refractivity contribution in [1.82, 2.24) is 4.90 Å². The second-order valence-electron chi connectivity index (χ2n) is 12.3. The number of nitrogens with zero attached hydrogens (tertiary/aromatic N) is 1. The average molecular weight is 492 g/mol. The fourth-order valence-electron chi connectivity index (χ4n) is 6.21. The Morgan fingerprint density at radius 1 is 0.972 bits per heavy atom. The molecule has 5 heteroatoms. The van der Waals surface area contributed by atoms with Gasteiger partial charge in [0.15, 0.2) is 0 Å². The van der Waals surface area contributed by atoms with E-state index in [0.29, 0.717) is 24.4 Å². The molecule has 194 valence electrons. The second kappa shape index (κ2) is 9.66. The SMILES string of the molecule is CC(C)(C)O.Cc1ccc(-c2c(C)c3c(c(C)c2CC(=O)O)CN(C(=O)C2CC4(CCC4)C2)C3)cc1. The summed E-state index contributed by atoms with van der Waals surface area (Å²) in [6, 6.07) is 8.31. The van der Waals surface area contributed by atoms with Crippen LogP contribution in [0.25, 0.3) is 11.1 Å². The Morgan fingerprint density at radius 2 is 1.50 bits per heavy atom. The van der Waals surface area contributed by atoms with Crippen molar-refractivity contribution in [2.24, 2.45) is 11.3 Å². The number of fused-ring (bicyclic) bond motifs is 1. The number of carbonyl (C=O) groups is 2. The van der Waals surface area contributed by atoms with Crippen LogP contribution in [0.3, 0.4) is 0 Å². The molecule has 36 heavy (non-hydrogen) atoms. The van der Waals surface area contributed by atoms with Crippen LogP contribution in [-0.4, -0.2) is 32.6 Å². The molecule has 2 N–H and O–H groups in total. The molecule has 5 nitrogen and oxygen atoms in total. The zero-order valence-corrected chi connectivity index (χ0v) is 22.7. The quantitative estimate of drug-likeness (QED) is 0.541. The van der Waals surface area contributed by atoms with E-state index >= 15 is 0 Å². The number of amides is 1. The normalized spacial score (nSPS) is 18.1. The fourth-order valence-corrected chi connectivity index (χ4v) is 6.21. The van der Waals surface area contributed by atoms with Crippen molar-refractivity contribution in [3.05, 3.63) is 57.6 Å². The van der Waals surface area contributed by atoms with Crippen LogP contribution < -0.4 is 0 Å². The zero-order chi connectivity index (χ0) is 26.4. The maximum atomic E-state index is 13.2. The lowest BCUT2D eigenvalue weighted by atomic mass is 9.51. The minimum atomic E-state index is -0.818. The number of aliphatic carboxylic acids is 1. The Balaban J connectivity index is 0.000000556. The number of aryl methyl sites for hydroxylation is 1. The first-order valence-electron chi connectivity index (χ1n) is 13.2. The molecular formula is C31H41NO4. The summed E-state index contributed by atoms with van der Waals surface area (Å²) in [5.41, 5.74) is 8.69. The van der Waals surface area contributed by atoms with Crippen molar-refractivity contribution in [3.63, 3.8) is 0 Å². The standard InChI is InChI=1S/C27H31NO3.C4H10O/c1-16-5-7-19(8-6-16)25-18(3)23-15-28(14-22(23)17(2)21(25)11-24(29)30)26(31)20-12-27(13-20)9-4-10-27;1-4(2,3)5/h5-8,20H,4,9-15H2,1-3H3,(H,29,30);5H,1-3H3. The molecule has 0 radical (unpaired) electrons. The molecule has 0 saturated heterocycles. The summed E-state index contributed by atoms with van der Waals surface area (Å²) in [6.07, 6.45) is 6.05. The van der Waals surface area contributed by atoms with Crippen LogP contribution in [0.5, 0.6) is 0 Å². The topological polar surface area (TPSA) is 77.8 Å². The van der Waals surface area contributed by atoms with E-state index in [4.69, 9.17) is 5.11 Å². The van der Waals surface area contributed by atoms with E-state index in [1.54, 1.807) is 20.8 Å². The summed E-state index contributed by atoms with van der Waals surface area (Å²) in [6.45, 7) is 12.7. The van der Waals surface area contributed by atoms with E-state index in [0.717, 1.165) is 46.2 Å². The Kier molecular flexibility index (Phi) is 7.09.